The Labute approximate surface area is 142 Å². The van der Waals surface area contributed by atoms with Crippen molar-refractivity contribution in [2.75, 3.05) is 20.3 Å². The number of benzene rings is 1. The van der Waals surface area contributed by atoms with Gasteiger partial charge in [-0.25, -0.2) is 9.18 Å². The molecule has 4 atom stereocenters. The first kappa shape index (κ1) is 17.2. The van der Waals surface area contributed by atoms with Gasteiger partial charge in [-0.1, -0.05) is 12.1 Å². The lowest BCUT2D eigenvalue weighted by Gasteiger charge is -2.38. The molecule has 132 valence electrons. The minimum atomic E-state index is -0.324. The zero-order valence-corrected chi connectivity index (χ0v) is 14.2. The number of halogens is 1. The van der Waals surface area contributed by atoms with Crippen LogP contribution in [0.3, 0.4) is 0 Å². The Balaban J connectivity index is 1.65. The van der Waals surface area contributed by atoms with Crippen molar-refractivity contribution in [1.29, 1.82) is 0 Å². The van der Waals surface area contributed by atoms with Crippen LogP contribution in [0.1, 0.15) is 37.9 Å². The summed E-state index contributed by atoms with van der Waals surface area (Å²) in [6.07, 6.45) is 2.98. The van der Waals surface area contributed by atoms with E-state index in [1.54, 1.807) is 19.2 Å². The smallest absolute Gasteiger partial charge is 0.318 e. The van der Waals surface area contributed by atoms with Crippen LogP contribution in [-0.4, -0.2) is 49.4 Å². The number of hydrogen-bond donors (Lipinski definition) is 1. The van der Waals surface area contributed by atoms with E-state index in [4.69, 9.17) is 9.47 Å². The minimum Gasteiger partial charge on any atom is -0.375 e. The Bertz CT molecular complexity index is 566. The molecule has 0 radical (unpaired) electrons. The Morgan fingerprint density at radius 3 is 2.83 bits per heavy atom. The Kier molecular flexibility index (Phi) is 5.36. The molecule has 1 aliphatic heterocycles. The molecule has 0 unspecified atom stereocenters. The van der Waals surface area contributed by atoms with E-state index in [1.807, 2.05) is 11.8 Å². The highest BCUT2D eigenvalue weighted by Crippen LogP contribution is 2.30. The number of fused-ring (bicyclic) bond motifs is 1. The number of nitrogens with one attached hydrogen (secondary N) is 1. The summed E-state index contributed by atoms with van der Waals surface area (Å²) in [6.45, 7) is 3.12. The highest BCUT2D eigenvalue weighted by Gasteiger charge is 2.39. The third-order valence-electron chi connectivity index (χ3n) is 5.00. The van der Waals surface area contributed by atoms with Crippen LogP contribution in [0.2, 0.25) is 0 Å². The molecule has 1 heterocycles. The first-order chi connectivity index (χ1) is 11.6. The van der Waals surface area contributed by atoms with E-state index in [0.29, 0.717) is 13.2 Å². The highest BCUT2D eigenvalue weighted by atomic mass is 19.1. The lowest BCUT2D eigenvalue weighted by atomic mass is 10.0. The fourth-order valence-corrected chi connectivity index (χ4v) is 3.81. The molecule has 2 amide bonds. The lowest BCUT2D eigenvalue weighted by molar-refractivity contribution is -0.0394. The maximum absolute atomic E-state index is 13.1. The summed E-state index contributed by atoms with van der Waals surface area (Å²) in [7, 11) is 1.60. The van der Waals surface area contributed by atoms with Crippen molar-refractivity contribution in [2.45, 2.75) is 50.5 Å². The van der Waals surface area contributed by atoms with Crippen molar-refractivity contribution in [3.8, 4) is 0 Å². The molecule has 1 N–H and O–H groups in total. The first-order valence-corrected chi connectivity index (χ1v) is 8.57. The van der Waals surface area contributed by atoms with Crippen LogP contribution in [0.4, 0.5) is 9.18 Å². The molecule has 2 fully saturated rings. The van der Waals surface area contributed by atoms with Crippen molar-refractivity contribution < 1.29 is 18.7 Å². The van der Waals surface area contributed by atoms with E-state index in [1.165, 1.54) is 12.1 Å². The van der Waals surface area contributed by atoms with Crippen LogP contribution in [0.25, 0.3) is 0 Å². The van der Waals surface area contributed by atoms with E-state index in [0.717, 1.165) is 24.8 Å². The van der Waals surface area contributed by atoms with Gasteiger partial charge in [0.2, 0.25) is 0 Å². The molecule has 5 nitrogen and oxygen atoms in total. The fourth-order valence-electron chi connectivity index (χ4n) is 3.81. The summed E-state index contributed by atoms with van der Waals surface area (Å²) in [5, 5.41) is 3.04. The van der Waals surface area contributed by atoms with Crippen LogP contribution >= 0.6 is 0 Å². The molecule has 6 heteroatoms. The standard InChI is InChI=1S/C18H25FN2O3/c1-12(17(23-2)13-6-8-14(19)9-7-13)20-18(22)21-10-11-24-16-5-3-4-15(16)21/h6-9,12,15-17H,3-5,10-11H2,1-2H3,(H,20,22)/t12-,15+,16-,17+/m0/s1. The second kappa shape index (κ2) is 7.49. The molecular formula is C18H25FN2O3. The lowest BCUT2D eigenvalue weighted by Crippen LogP contribution is -2.56. The minimum absolute atomic E-state index is 0.0770. The predicted molar refractivity (Wildman–Crippen MR) is 88.2 cm³/mol. The summed E-state index contributed by atoms with van der Waals surface area (Å²) in [6, 6.07) is 6.06. The number of amides is 2. The van der Waals surface area contributed by atoms with Crippen LogP contribution in [0.15, 0.2) is 24.3 Å². The Morgan fingerprint density at radius 2 is 2.12 bits per heavy atom. The molecule has 2 aliphatic rings. The fraction of sp³-hybridized carbons (Fsp3) is 0.611. The molecule has 1 aliphatic carbocycles. The summed E-state index contributed by atoms with van der Waals surface area (Å²) >= 11 is 0. The second-order valence-electron chi connectivity index (χ2n) is 6.55. The second-order valence-corrected chi connectivity index (χ2v) is 6.55. The van der Waals surface area contributed by atoms with Crippen molar-refractivity contribution in [3.05, 3.63) is 35.6 Å². The average molecular weight is 336 g/mol. The largest absolute Gasteiger partial charge is 0.375 e. The van der Waals surface area contributed by atoms with Gasteiger partial charge in [-0.05, 0) is 43.9 Å². The van der Waals surface area contributed by atoms with E-state index < -0.39 is 0 Å². The van der Waals surface area contributed by atoms with Crippen molar-refractivity contribution in [1.82, 2.24) is 10.2 Å². The van der Waals surface area contributed by atoms with E-state index in [2.05, 4.69) is 5.32 Å². The molecule has 0 spiro atoms. The third kappa shape index (κ3) is 3.54. The van der Waals surface area contributed by atoms with Gasteiger partial charge in [0.15, 0.2) is 0 Å². The van der Waals surface area contributed by atoms with Crippen LogP contribution in [0, 0.1) is 5.82 Å². The number of carbonyl (C=O) groups is 1. The molecule has 3 rings (SSSR count). The number of rotatable bonds is 4. The van der Waals surface area contributed by atoms with E-state index in [9.17, 15) is 9.18 Å². The van der Waals surface area contributed by atoms with Crippen molar-refractivity contribution >= 4 is 6.03 Å². The molecule has 1 aromatic rings. The van der Waals surface area contributed by atoms with Crippen LogP contribution < -0.4 is 5.32 Å². The molecule has 1 saturated heterocycles. The van der Waals surface area contributed by atoms with Gasteiger partial charge in [-0.3, -0.25) is 0 Å². The van der Waals surface area contributed by atoms with Crippen LogP contribution in [-0.2, 0) is 9.47 Å². The van der Waals surface area contributed by atoms with Gasteiger partial charge in [0.1, 0.15) is 11.9 Å². The highest BCUT2D eigenvalue weighted by molar-refractivity contribution is 5.75. The quantitative estimate of drug-likeness (QED) is 0.920. The molecule has 1 saturated carbocycles. The molecule has 1 aromatic carbocycles. The number of morpholine rings is 1. The third-order valence-corrected chi connectivity index (χ3v) is 5.00. The Morgan fingerprint density at radius 1 is 1.38 bits per heavy atom. The summed E-state index contributed by atoms with van der Waals surface area (Å²) in [4.78, 5) is 14.6. The van der Waals surface area contributed by atoms with Crippen LogP contribution in [0.5, 0.6) is 0 Å². The maximum atomic E-state index is 13.1. The van der Waals surface area contributed by atoms with Gasteiger partial charge in [0, 0.05) is 13.7 Å². The predicted octanol–water partition coefficient (Wildman–Crippen LogP) is 2.86. The van der Waals surface area contributed by atoms with Gasteiger partial charge >= 0.3 is 6.03 Å². The number of ether oxygens (including phenoxy) is 2. The number of carbonyl (C=O) groups excluding carboxylic acids is 1. The number of nitrogens with zero attached hydrogens (tertiary/aromatic N) is 1. The summed E-state index contributed by atoms with van der Waals surface area (Å²) in [5.74, 6) is -0.286. The average Bonchev–Trinajstić information content (AvgIpc) is 3.05. The molecule has 0 bridgehead atoms. The summed E-state index contributed by atoms with van der Waals surface area (Å²) < 4.78 is 24.4. The Hall–Kier alpha value is -1.66. The van der Waals surface area contributed by atoms with Gasteiger partial charge in [0.25, 0.3) is 0 Å². The molecule has 24 heavy (non-hydrogen) atoms. The van der Waals surface area contributed by atoms with Gasteiger partial charge in [-0.2, -0.15) is 0 Å². The summed E-state index contributed by atoms with van der Waals surface area (Å²) in [5.41, 5.74) is 0.840. The van der Waals surface area contributed by atoms with Gasteiger partial charge < -0.3 is 19.7 Å². The van der Waals surface area contributed by atoms with E-state index in [-0.39, 0.29) is 36.1 Å². The first-order valence-electron chi connectivity index (χ1n) is 8.57. The zero-order valence-electron chi connectivity index (χ0n) is 14.2. The SMILES string of the molecule is CO[C@@H](c1ccc(F)cc1)[C@H](C)NC(=O)N1CCO[C@H]2CCC[C@H]21. The molecular weight excluding hydrogens is 311 g/mol. The van der Waals surface area contributed by atoms with Gasteiger partial charge in [0.05, 0.1) is 24.8 Å². The van der Waals surface area contributed by atoms with Crippen molar-refractivity contribution in [3.63, 3.8) is 0 Å². The number of hydrogen-bond acceptors (Lipinski definition) is 3. The maximum Gasteiger partial charge on any atom is 0.318 e. The topological polar surface area (TPSA) is 50.8 Å². The zero-order chi connectivity index (χ0) is 17.1. The van der Waals surface area contributed by atoms with Gasteiger partial charge in [-0.15, -0.1) is 0 Å². The number of methoxy groups -OCH3 is 1. The molecule has 0 aromatic heterocycles. The number of urea groups is 1. The van der Waals surface area contributed by atoms with Crippen molar-refractivity contribution in [2.24, 2.45) is 0 Å². The monoisotopic (exact) mass is 336 g/mol. The van der Waals surface area contributed by atoms with E-state index >= 15 is 0 Å². The normalized spacial score (nSPS) is 25.9.